The summed E-state index contributed by atoms with van der Waals surface area (Å²) >= 11 is 10.6. The van der Waals surface area contributed by atoms with Gasteiger partial charge in [-0.25, -0.2) is 4.79 Å². The standard InChI is InChI=1S/C11H21NO2S.C10H19NO.C8H15NO2.C8H13NO2.CH4.2I3.HI/c1-5-9-6-12(2)7-10(9)11(13)8-15(3,4)14;1-4-8-6-11(3)7-9(8)10(12)5-2;2*1-3-6-4-9(2)5-7(6)8(10)11;;2*1-3-2;/h8-10H,5-7H2,1-4H3;8-9H,4-7H2,1-3H3;6-7H,3-5H2,1-2H3,(H,10,11);3-5H2,1-2H3,(H,10,11);1H4;;;1H/q;;;;;2*-1;/t9-,10?;8-,9+;6-,7+;;;;;/m111...../s1. The number of likely N-dealkylation sites (N-methyl/N-ethyl adjacent to an activating group) is 1. The molecule has 4 aliphatic rings. The molecule has 19 heteroatoms. The van der Waals surface area contributed by atoms with Crippen molar-refractivity contribution in [2.75, 3.05) is 93.1 Å². The Bertz CT molecular complexity index is 1310. The maximum absolute atomic E-state index is 11.9. The molecule has 0 aromatic carbocycles. The van der Waals surface area contributed by atoms with E-state index in [-0.39, 0.29) is 49.0 Å². The Morgan fingerprint density at radius 2 is 1.05 bits per heavy atom. The Labute approximate surface area is 423 Å². The van der Waals surface area contributed by atoms with Crippen LogP contribution in [0, 0.1) is 35.5 Å². The average Bonchev–Trinajstić information content (AvgIpc) is 3.89. The molecule has 344 valence electrons. The van der Waals surface area contributed by atoms with Crippen LogP contribution in [0.2, 0.25) is 0 Å². The van der Waals surface area contributed by atoms with Crippen molar-refractivity contribution in [2.45, 2.75) is 74.1 Å². The first kappa shape index (κ1) is 66.6. The van der Waals surface area contributed by atoms with Gasteiger partial charge in [0.15, 0.2) is 5.78 Å². The topological polar surface area (TPSA) is 139 Å². The third-order valence-electron chi connectivity index (χ3n) is 10.3. The number of aliphatic carboxylic acids is 2. The number of hydrogen-bond acceptors (Lipinski definition) is 9. The summed E-state index contributed by atoms with van der Waals surface area (Å²) in [5.74, 6) is 0.774. The van der Waals surface area contributed by atoms with Crippen molar-refractivity contribution in [3.63, 3.8) is 0 Å². The van der Waals surface area contributed by atoms with Crippen molar-refractivity contribution in [2.24, 2.45) is 35.5 Å². The Hall–Kier alpha value is 2.99. The number of carbonyl (C=O) groups excluding carboxylic acids is 2. The molecule has 0 aromatic rings. The zero-order chi connectivity index (χ0) is 43.1. The molecular formula is C38H73I7N4O7S-2. The molecule has 4 aliphatic heterocycles. The zero-order valence-corrected chi connectivity index (χ0v) is 51.1. The minimum atomic E-state index is -2.05. The van der Waals surface area contributed by atoms with Gasteiger partial charge in [-0.15, -0.1) is 24.0 Å². The van der Waals surface area contributed by atoms with Gasteiger partial charge in [0.1, 0.15) is 5.78 Å². The molecule has 2 N–H and O–H groups in total. The Kier molecular flexibility index (Phi) is 43.5. The van der Waals surface area contributed by atoms with Crippen LogP contribution in [0.4, 0.5) is 0 Å². The van der Waals surface area contributed by atoms with E-state index >= 15 is 0 Å². The van der Waals surface area contributed by atoms with Crippen LogP contribution >= 0.6 is 98.4 Å². The van der Waals surface area contributed by atoms with Gasteiger partial charge in [-0.3, -0.25) is 23.5 Å². The second-order valence-corrected chi connectivity index (χ2v) is 50.3. The number of halogens is 7. The van der Waals surface area contributed by atoms with Crippen molar-refractivity contribution in [1.82, 2.24) is 19.6 Å². The van der Waals surface area contributed by atoms with Crippen LogP contribution < -0.4 is 26.5 Å². The van der Waals surface area contributed by atoms with E-state index in [2.05, 4.69) is 117 Å². The molecule has 57 heavy (non-hydrogen) atoms. The van der Waals surface area contributed by atoms with Crippen LogP contribution in [-0.4, -0.2) is 156 Å². The van der Waals surface area contributed by atoms with Crippen molar-refractivity contribution in [1.29, 1.82) is 0 Å². The molecule has 0 amide bonds. The van der Waals surface area contributed by atoms with Crippen molar-refractivity contribution in [3.8, 4) is 0 Å². The Morgan fingerprint density at radius 1 is 0.684 bits per heavy atom. The minimum absolute atomic E-state index is 0. The fourth-order valence-electron chi connectivity index (χ4n) is 7.50. The summed E-state index contributed by atoms with van der Waals surface area (Å²) in [7, 11) is 6.00. The monoisotopic (exact) mass is 1620 g/mol. The van der Waals surface area contributed by atoms with Crippen molar-refractivity contribution < 1.29 is 60.1 Å². The molecule has 3 saturated heterocycles. The first-order valence-corrected chi connectivity index (χ1v) is 46.2. The molecule has 0 saturated carbocycles. The zero-order valence-electron chi connectivity index (χ0n) is 35.0. The summed E-state index contributed by atoms with van der Waals surface area (Å²) in [6, 6.07) is 0. The molecule has 0 aliphatic carbocycles. The second kappa shape index (κ2) is 37.2. The molecule has 4 rings (SSSR count). The maximum atomic E-state index is 11.9. The summed E-state index contributed by atoms with van der Waals surface area (Å²) in [5.41, 5.74) is 1.66. The van der Waals surface area contributed by atoms with E-state index in [9.17, 15) is 23.4 Å². The number of nitrogens with zero attached hydrogens (tertiary/aromatic N) is 4. The van der Waals surface area contributed by atoms with Crippen LogP contribution in [0.1, 0.15) is 74.1 Å². The molecule has 11 nitrogen and oxygen atoms in total. The van der Waals surface area contributed by atoms with Gasteiger partial charge in [-0.1, -0.05) is 61.3 Å². The molecule has 0 spiro atoms. The van der Waals surface area contributed by atoms with E-state index < -0.39 is 21.5 Å². The second-order valence-electron chi connectivity index (χ2n) is 15.0. The molecule has 0 aromatic heterocycles. The summed E-state index contributed by atoms with van der Waals surface area (Å²) in [6.07, 6.45) is 7.92. The molecular weight excluding hydrogens is 1540 g/mol. The van der Waals surface area contributed by atoms with Crippen LogP contribution in [0.15, 0.2) is 11.1 Å². The predicted octanol–water partition coefficient (Wildman–Crippen LogP) is 2.23. The molecule has 3 fully saturated rings. The summed E-state index contributed by atoms with van der Waals surface area (Å²) in [6.45, 7) is 17.2. The van der Waals surface area contributed by atoms with Gasteiger partial charge in [0, 0.05) is 88.5 Å². The normalized spacial score (nSPS) is 24.7. The van der Waals surface area contributed by atoms with Gasteiger partial charge >= 0.3 is 113 Å². The van der Waals surface area contributed by atoms with Crippen molar-refractivity contribution >= 4 is 137 Å². The van der Waals surface area contributed by atoms with E-state index in [4.69, 9.17) is 10.2 Å². The number of rotatable bonds is 10. The van der Waals surface area contributed by atoms with E-state index in [0.717, 1.165) is 70.5 Å². The number of hydrogen-bond donors (Lipinski definition) is 2. The van der Waals surface area contributed by atoms with Gasteiger partial charge in [0.25, 0.3) is 0 Å². The van der Waals surface area contributed by atoms with Crippen LogP contribution in [0.25, 0.3) is 0 Å². The van der Waals surface area contributed by atoms with E-state index in [1.54, 1.807) is 12.5 Å². The van der Waals surface area contributed by atoms with Gasteiger partial charge in [0.05, 0.1) is 11.5 Å². The van der Waals surface area contributed by atoms with E-state index in [1.165, 1.54) is 5.37 Å². The fraction of sp³-hybridized carbons (Fsp3) is 0.816. The van der Waals surface area contributed by atoms with Crippen LogP contribution in [0.5, 0.6) is 0 Å². The quantitative estimate of drug-likeness (QED) is 0.246. The molecule has 0 radical (unpaired) electrons. The average molecular weight is 1620 g/mol. The number of carboxylic acid groups (broad SMARTS) is 2. The SMILES string of the molecule is C.CCC(=O)[C@H]1CN(C)C[C@H]1CC.CCC1=C(C(=O)O)CN(C)C1.CC[C@@H]1CN(C)CC1C(=O)C=S(C)(C)=O.CC[C@@H]1CN(C)C[C@@H]1C(=O)O.I.I[I-]I.I[I-]I. The fourth-order valence-corrected chi connectivity index (χ4v) is 8.23. The van der Waals surface area contributed by atoms with Gasteiger partial charge in [-0.2, -0.15) is 0 Å². The summed E-state index contributed by atoms with van der Waals surface area (Å²) in [4.78, 5) is 53.3. The van der Waals surface area contributed by atoms with Gasteiger partial charge in [-0.05, 0) is 67.5 Å². The first-order chi connectivity index (χ1) is 25.6. The third kappa shape index (κ3) is 28.5. The van der Waals surface area contributed by atoms with Crippen molar-refractivity contribution in [3.05, 3.63) is 11.1 Å². The van der Waals surface area contributed by atoms with Crippen LogP contribution in [-0.2, 0) is 28.7 Å². The number of carboxylic acids is 2. The number of Topliss-reactive ketones (excluding diaryl/α,β-unsaturated/α-hetero) is 2. The van der Waals surface area contributed by atoms with E-state index in [1.807, 2.05) is 39.9 Å². The van der Waals surface area contributed by atoms with E-state index in [0.29, 0.717) is 81.0 Å². The number of ketones is 2. The number of likely N-dealkylation sites (tertiary alicyclic amines) is 3. The first-order valence-electron chi connectivity index (χ1n) is 18.7. The number of carbonyl (C=O) groups is 4. The van der Waals surface area contributed by atoms with Gasteiger partial charge in [0.2, 0.25) is 0 Å². The van der Waals surface area contributed by atoms with Gasteiger partial charge < -0.3 is 24.9 Å². The Balaban J connectivity index is -0.000000312. The Morgan fingerprint density at radius 3 is 1.35 bits per heavy atom. The summed E-state index contributed by atoms with van der Waals surface area (Å²) < 4.78 is 11.5. The molecule has 1 unspecified atom stereocenters. The third-order valence-corrected chi connectivity index (χ3v) is 11.1. The predicted molar refractivity (Wildman–Crippen MR) is 279 cm³/mol. The summed E-state index contributed by atoms with van der Waals surface area (Å²) in [5, 5.41) is 19.0. The molecule has 6 atom stereocenters. The molecule has 4 heterocycles. The molecule has 0 bridgehead atoms. The van der Waals surface area contributed by atoms with Crippen LogP contribution in [0.3, 0.4) is 0 Å².